The minimum atomic E-state index is -2.79. The van der Waals surface area contributed by atoms with Gasteiger partial charge in [-0.25, -0.2) is 8.42 Å². The minimum absolute atomic E-state index is 0. The molecule has 0 aromatic heterocycles. The summed E-state index contributed by atoms with van der Waals surface area (Å²) in [6, 6.07) is 6.44. The van der Waals surface area contributed by atoms with Crippen LogP contribution in [0.5, 0.6) is 0 Å². The molecule has 0 unspecified atom stereocenters. The van der Waals surface area contributed by atoms with E-state index in [-0.39, 0.29) is 23.9 Å². The molecule has 0 spiro atoms. The zero-order chi connectivity index (χ0) is 11.9. The van der Waals surface area contributed by atoms with E-state index in [0.717, 1.165) is 18.8 Å². The van der Waals surface area contributed by atoms with E-state index in [2.05, 4.69) is 28.4 Å². The fraction of sp³-hybridized carbons (Fsp3) is 0.500. The van der Waals surface area contributed by atoms with Crippen molar-refractivity contribution in [3.8, 4) is 0 Å². The summed E-state index contributed by atoms with van der Waals surface area (Å²) in [5, 5.41) is 3.32. The quantitative estimate of drug-likeness (QED) is 0.836. The summed E-state index contributed by atoms with van der Waals surface area (Å²) < 4.78 is 22.8. The maximum atomic E-state index is 11.4. The van der Waals surface area contributed by atoms with Crippen LogP contribution in [-0.2, 0) is 22.9 Å². The summed E-state index contributed by atoms with van der Waals surface area (Å²) in [5.74, 6) is 0.560. The molecule has 6 heteroatoms. The lowest BCUT2D eigenvalue weighted by atomic mass is 10.1. The molecule has 0 bridgehead atoms. The number of nitrogens with one attached hydrogen (secondary N) is 1. The van der Waals surface area contributed by atoms with Crippen LogP contribution in [0, 0.1) is 0 Å². The van der Waals surface area contributed by atoms with Gasteiger partial charge in [0.05, 0.1) is 11.5 Å². The van der Waals surface area contributed by atoms with E-state index in [1.807, 2.05) is 0 Å². The van der Waals surface area contributed by atoms with Crippen LogP contribution in [0.1, 0.15) is 11.1 Å². The molecule has 2 heterocycles. The van der Waals surface area contributed by atoms with E-state index >= 15 is 0 Å². The number of nitrogens with zero attached hydrogens (tertiary/aromatic N) is 1. The van der Waals surface area contributed by atoms with Gasteiger partial charge in [-0.05, 0) is 23.3 Å². The third-order valence-corrected chi connectivity index (χ3v) is 5.14. The summed E-state index contributed by atoms with van der Waals surface area (Å²) in [6.07, 6.45) is 0. The molecule has 1 aromatic rings. The summed E-state index contributed by atoms with van der Waals surface area (Å²) in [4.78, 5) is 2.17. The maximum absolute atomic E-state index is 11.4. The Morgan fingerprint density at radius 3 is 2.44 bits per heavy atom. The van der Waals surface area contributed by atoms with Gasteiger partial charge in [0, 0.05) is 31.9 Å². The van der Waals surface area contributed by atoms with Crippen LogP contribution in [-0.4, -0.2) is 33.0 Å². The second-order valence-corrected chi connectivity index (χ2v) is 7.00. The first kappa shape index (κ1) is 13.6. The molecule has 0 aliphatic carbocycles. The Labute approximate surface area is 114 Å². The molecule has 3 rings (SSSR count). The standard InChI is InChI=1S/C12H16N2O2S.ClH/c15-17(16)5-3-14(4-6-17)12-2-1-10-8-13-9-11(10)7-12;/h1-2,7,13H,3-6,8-9H2;1H. The lowest BCUT2D eigenvalue weighted by molar-refractivity contribution is 0.587. The van der Waals surface area contributed by atoms with E-state index in [1.54, 1.807) is 0 Å². The van der Waals surface area contributed by atoms with Gasteiger partial charge >= 0.3 is 0 Å². The van der Waals surface area contributed by atoms with Crippen LogP contribution in [0.15, 0.2) is 18.2 Å². The highest BCUT2D eigenvalue weighted by molar-refractivity contribution is 7.91. The predicted molar refractivity (Wildman–Crippen MR) is 75.1 cm³/mol. The Morgan fingerprint density at radius 2 is 1.72 bits per heavy atom. The Hall–Kier alpha value is -0.780. The molecular weight excluding hydrogens is 272 g/mol. The number of anilines is 1. The molecule has 0 saturated carbocycles. The second-order valence-electron chi connectivity index (χ2n) is 4.70. The van der Waals surface area contributed by atoms with Crippen LogP contribution in [0.3, 0.4) is 0 Å². The third kappa shape index (κ3) is 2.63. The van der Waals surface area contributed by atoms with Gasteiger partial charge in [0.15, 0.2) is 9.84 Å². The number of hydrogen-bond donors (Lipinski definition) is 1. The van der Waals surface area contributed by atoms with Gasteiger partial charge in [-0.2, -0.15) is 0 Å². The first-order valence-corrected chi connectivity index (χ1v) is 7.74. The molecule has 2 aliphatic heterocycles. The van der Waals surface area contributed by atoms with Crippen LogP contribution >= 0.6 is 12.4 Å². The van der Waals surface area contributed by atoms with Crippen molar-refractivity contribution in [2.24, 2.45) is 0 Å². The largest absolute Gasteiger partial charge is 0.369 e. The first-order chi connectivity index (χ1) is 8.14. The lowest BCUT2D eigenvalue weighted by Crippen LogP contribution is -2.40. The summed E-state index contributed by atoms with van der Waals surface area (Å²) in [7, 11) is -2.79. The van der Waals surface area contributed by atoms with Crippen molar-refractivity contribution in [2.75, 3.05) is 29.5 Å². The van der Waals surface area contributed by atoms with Gasteiger partial charge in [-0.3, -0.25) is 0 Å². The lowest BCUT2D eigenvalue weighted by Gasteiger charge is -2.29. The molecule has 18 heavy (non-hydrogen) atoms. The van der Waals surface area contributed by atoms with Gasteiger partial charge in [0.1, 0.15) is 0 Å². The molecule has 0 atom stereocenters. The van der Waals surface area contributed by atoms with Crippen LogP contribution in [0.4, 0.5) is 5.69 Å². The Kier molecular flexibility index (Phi) is 3.84. The van der Waals surface area contributed by atoms with E-state index in [1.165, 1.54) is 11.1 Å². The van der Waals surface area contributed by atoms with Crippen molar-refractivity contribution < 1.29 is 8.42 Å². The number of benzene rings is 1. The molecule has 1 N–H and O–H groups in total. The van der Waals surface area contributed by atoms with E-state index in [0.29, 0.717) is 13.1 Å². The third-order valence-electron chi connectivity index (χ3n) is 3.53. The van der Waals surface area contributed by atoms with Crippen molar-refractivity contribution in [1.82, 2.24) is 5.32 Å². The molecule has 1 saturated heterocycles. The molecule has 2 aliphatic rings. The summed E-state index contributed by atoms with van der Waals surface area (Å²) >= 11 is 0. The zero-order valence-corrected chi connectivity index (χ0v) is 11.7. The Balaban J connectivity index is 0.00000120. The predicted octanol–water partition coefficient (Wildman–Crippen LogP) is 0.946. The van der Waals surface area contributed by atoms with Gasteiger partial charge in [-0.1, -0.05) is 6.07 Å². The van der Waals surface area contributed by atoms with Gasteiger partial charge < -0.3 is 10.2 Å². The normalized spacial score (nSPS) is 21.2. The highest BCUT2D eigenvalue weighted by Crippen LogP contribution is 2.24. The zero-order valence-electron chi connectivity index (χ0n) is 10.1. The minimum Gasteiger partial charge on any atom is -0.369 e. The molecule has 0 radical (unpaired) electrons. The van der Waals surface area contributed by atoms with Crippen LogP contribution in [0.2, 0.25) is 0 Å². The highest BCUT2D eigenvalue weighted by atomic mass is 35.5. The van der Waals surface area contributed by atoms with E-state index in [9.17, 15) is 8.42 Å². The molecular formula is C12H17ClN2O2S. The van der Waals surface area contributed by atoms with Crippen molar-refractivity contribution in [3.63, 3.8) is 0 Å². The smallest absolute Gasteiger partial charge is 0.153 e. The second kappa shape index (κ2) is 5.07. The molecule has 0 amide bonds. The number of rotatable bonds is 1. The topological polar surface area (TPSA) is 49.4 Å². The average molecular weight is 289 g/mol. The summed E-state index contributed by atoms with van der Waals surface area (Å²) in [5.41, 5.74) is 3.86. The number of sulfone groups is 1. The molecule has 4 nitrogen and oxygen atoms in total. The first-order valence-electron chi connectivity index (χ1n) is 5.92. The number of fused-ring (bicyclic) bond motifs is 1. The van der Waals surface area contributed by atoms with Crippen LogP contribution in [0.25, 0.3) is 0 Å². The fourth-order valence-electron chi connectivity index (χ4n) is 2.45. The SMILES string of the molecule is Cl.O=S1(=O)CCN(c2ccc3c(c2)CNC3)CC1. The van der Waals surface area contributed by atoms with E-state index < -0.39 is 9.84 Å². The monoisotopic (exact) mass is 288 g/mol. The van der Waals surface area contributed by atoms with Crippen molar-refractivity contribution in [2.45, 2.75) is 13.1 Å². The fourth-order valence-corrected chi connectivity index (χ4v) is 3.65. The van der Waals surface area contributed by atoms with E-state index in [4.69, 9.17) is 0 Å². The van der Waals surface area contributed by atoms with Crippen molar-refractivity contribution in [3.05, 3.63) is 29.3 Å². The number of halogens is 1. The van der Waals surface area contributed by atoms with Gasteiger partial charge in [0.25, 0.3) is 0 Å². The van der Waals surface area contributed by atoms with Crippen molar-refractivity contribution >= 4 is 27.9 Å². The Morgan fingerprint density at radius 1 is 1.06 bits per heavy atom. The Bertz CT molecular complexity index is 531. The van der Waals surface area contributed by atoms with Gasteiger partial charge in [-0.15, -0.1) is 12.4 Å². The molecule has 100 valence electrons. The maximum Gasteiger partial charge on any atom is 0.153 e. The van der Waals surface area contributed by atoms with Gasteiger partial charge in [0.2, 0.25) is 0 Å². The number of hydrogen-bond acceptors (Lipinski definition) is 4. The molecule has 1 aromatic carbocycles. The molecule has 1 fully saturated rings. The van der Waals surface area contributed by atoms with Crippen molar-refractivity contribution in [1.29, 1.82) is 0 Å². The average Bonchev–Trinajstić information content (AvgIpc) is 2.76. The summed E-state index contributed by atoms with van der Waals surface area (Å²) in [6.45, 7) is 3.11. The highest BCUT2D eigenvalue weighted by Gasteiger charge is 2.22. The van der Waals surface area contributed by atoms with Crippen LogP contribution < -0.4 is 10.2 Å².